The van der Waals surface area contributed by atoms with Crippen LogP contribution in [0.3, 0.4) is 0 Å². The molecule has 7 rings (SSSR count). The summed E-state index contributed by atoms with van der Waals surface area (Å²) in [6.45, 7) is 4.65. The first kappa shape index (κ1) is 21.6. The van der Waals surface area contributed by atoms with Crippen LogP contribution in [0, 0.1) is 0 Å². The second-order valence-electron chi connectivity index (χ2n) is 12.0. The average molecular weight is 500 g/mol. The van der Waals surface area contributed by atoms with Crippen LogP contribution in [0.4, 0.5) is 11.4 Å². The number of hydrogen-bond acceptors (Lipinski definition) is 1. The predicted octanol–water partition coefficient (Wildman–Crippen LogP) is 10.7. The van der Waals surface area contributed by atoms with Crippen LogP contribution in [0.15, 0.2) is 84.9 Å². The molecule has 0 heterocycles. The van der Waals surface area contributed by atoms with Gasteiger partial charge in [0.05, 0.1) is 0 Å². The Morgan fingerprint density at radius 1 is 0.605 bits per heavy atom. The Morgan fingerprint density at radius 2 is 1.24 bits per heavy atom. The van der Waals surface area contributed by atoms with Crippen molar-refractivity contribution in [1.29, 1.82) is 0 Å². The SMILES string of the molecule is [2H]C1(c2cc(-c3ccccc3)ccc2Nc2cc3c(cc2C2([2H])CCCC2)-c2ccccc2C3(C)C)CCCC1. The van der Waals surface area contributed by atoms with E-state index in [9.17, 15) is 2.74 Å². The standard InChI is InChI=1S/C37H39N/c1-37(2)33-19-11-10-18-29(33)32-23-31(27-16-8-9-17-27)36(24-34(32)37)38-35-21-20-28(25-12-4-3-5-13-25)22-30(35)26-14-6-7-15-26/h3-5,10-13,18-24,26-27,38H,6-9,14-17H2,1-2H3/i26D,27D. The van der Waals surface area contributed by atoms with E-state index >= 15 is 0 Å². The molecule has 4 aromatic rings. The third-order valence-corrected chi connectivity index (χ3v) is 9.29. The largest absolute Gasteiger partial charge is 0.355 e. The molecule has 0 unspecified atom stereocenters. The quantitative estimate of drug-likeness (QED) is 0.288. The topological polar surface area (TPSA) is 12.0 Å². The van der Waals surface area contributed by atoms with Gasteiger partial charge in [-0.2, -0.15) is 0 Å². The molecule has 0 amide bonds. The van der Waals surface area contributed by atoms with Gasteiger partial charge < -0.3 is 5.32 Å². The lowest BCUT2D eigenvalue weighted by molar-refractivity contribution is 0.659. The molecule has 4 aromatic carbocycles. The summed E-state index contributed by atoms with van der Waals surface area (Å²) in [5.74, 6) is -1.18. The number of fused-ring (bicyclic) bond motifs is 3. The molecular weight excluding hydrogens is 458 g/mol. The fourth-order valence-corrected chi connectivity index (χ4v) is 7.19. The molecule has 3 aliphatic carbocycles. The second kappa shape index (κ2) is 9.45. The molecule has 0 bridgehead atoms. The summed E-state index contributed by atoms with van der Waals surface area (Å²) in [7, 11) is 0. The van der Waals surface area contributed by atoms with E-state index < -0.39 is 11.8 Å². The van der Waals surface area contributed by atoms with Crippen LogP contribution in [0.25, 0.3) is 22.3 Å². The summed E-state index contributed by atoms with van der Waals surface area (Å²) in [5.41, 5.74) is 11.8. The van der Waals surface area contributed by atoms with Gasteiger partial charge >= 0.3 is 0 Å². The summed E-state index contributed by atoms with van der Waals surface area (Å²) in [4.78, 5) is 0. The molecule has 2 saturated carbocycles. The summed E-state index contributed by atoms with van der Waals surface area (Å²) in [6.07, 6.45) is 7.99. The third-order valence-electron chi connectivity index (χ3n) is 9.29. The second-order valence-corrected chi connectivity index (χ2v) is 12.0. The van der Waals surface area contributed by atoms with Crippen LogP contribution in [-0.4, -0.2) is 0 Å². The summed E-state index contributed by atoms with van der Waals surface area (Å²) < 4.78 is 19.1. The molecule has 2 fully saturated rings. The molecular formula is C37H39N. The van der Waals surface area contributed by atoms with Gasteiger partial charge in [0, 0.05) is 19.5 Å². The maximum absolute atomic E-state index is 9.60. The lowest BCUT2D eigenvalue weighted by atomic mass is 9.81. The number of hydrogen-bond donors (Lipinski definition) is 1. The Hall–Kier alpha value is -3.32. The lowest BCUT2D eigenvalue weighted by Gasteiger charge is -2.26. The molecule has 0 atom stereocenters. The fraction of sp³-hybridized carbons (Fsp3) is 0.351. The Labute approximate surface area is 231 Å². The minimum atomic E-state index is -0.592. The van der Waals surface area contributed by atoms with Gasteiger partial charge in [-0.05, 0) is 106 Å². The Balaban J connectivity index is 1.40. The van der Waals surface area contributed by atoms with Crippen molar-refractivity contribution in [1.82, 2.24) is 0 Å². The van der Waals surface area contributed by atoms with Gasteiger partial charge in [-0.1, -0.05) is 100 Å². The highest BCUT2D eigenvalue weighted by Crippen LogP contribution is 2.52. The smallest absolute Gasteiger partial charge is 0.0423 e. The van der Waals surface area contributed by atoms with Crippen molar-refractivity contribution in [2.45, 2.75) is 82.4 Å². The number of benzene rings is 4. The Bertz CT molecular complexity index is 1570. The highest BCUT2D eigenvalue weighted by molar-refractivity contribution is 5.85. The third kappa shape index (κ3) is 3.99. The van der Waals surface area contributed by atoms with E-state index in [2.05, 4.69) is 104 Å². The van der Waals surface area contributed by atoms with E-state index in [1.54, 1.807) is 0 Å². The molecule has 192 valence electrons. The van der Waals surface area contributed by atoms with Gasteiger partial charge in [-0.25, -0.2) is 0 Å². The van der Waals surface area contributed by atoms with Gasteiger partial charge in [-0.3, -0.25) is 0 Å². The van der Waals surface area contributed by atoms with E-state index in [0.29, 0.717) is 0 Å². The molecule has 0 saturated heterocycles. The van der Waals surface area contributed by atoms with Crippen molar-refractivity contribution < 1.29 is 2.74 Å². The molecule has 0 aliphatic heterocycles. The van der Waals surface area contributed by atoms with E-state index in [-0.39, 0.29) is 5.41 Å². The first-order valence-electron chi connectivity index (χ1n) is 15.5. The maximum Gasteiger partial charge on any atom is 0.0423 e. The van der Waals surface area contributed by atoms with Crippen molar-refractivity contribution in [2.24, 2.45) is 0 Å². The van der Waals surface area contributed by atoms with Gasteiger partial charge in [0.25, 0.3) is 0 Å². The van der Waals surface area contributed by atoms with E-state index in [4.69, 9.17) is 0 Å². The minimum Gasteiger partial charge on any atom is -0.355 e. The molecule has 38 heavy (non-hydrogen) atoms. The fourth-order valence-electron chi connectivity index (χ4n) is 7.19. The van der Waals surface area contributed by atoms with Gasteiger partial charge in [0.2, 0.25) is 0 Å². The van der Waals surface area contributed by atoms with Crippen LogP contribution in [-0.2, 0) is 5.41 Å². The Morgan fingerprint density at radius 3 is 1.95 bits per heavy atom. The summed E-state index contributed by atoms with van der Waals surface area (Å²) in [5, 5.41) is 3.88. The minimum absolute atomic E-state index is 0.103. The molecule has 1 heteroatoms. The molecule has 1 N–H and O–H groups in total. The summed E-state index contributed by atoms with van der Waals surface area (Å²) >= 11 is 0. The zero-order valence-electron chi connectivity index (χ0n) is 24.7. The zero-order chi connectivity index (χ0) is 27.5. The number of anilines is 2. The molecule has 1 nitrogen and oxygen atoms in total. The van der Waals surface area contributed by atoms with Crippen LogP contribution in [0.2, 0.25) is 0 Å². The van der Waals surface area contributed by atoms with E-state index in [1.807, 2.05) is 0 Å². The highest BCUT2D eigenvalue weighted by Gasteiger charge is 2.37. The highest BCUT2D eigenvalue weighted by atomic mass is 14.9. The Kier molecular flexibility index (Phi) is 5.37. The van der Waals surface area contributed by atoms with Crippen LogP contribution < -0.4 is 5.32 Å². The maximum atomic E-state index is 9.60. The normalized spacial score (nSPS) is 20.9. The van der Waals surface area contributed by atoms with Gasteiger partial charge in [0.1, 0.15) is 0 Å². The number of nitrogens with one attached hydrogen (secondary N) is 1. The molecule has 3 aliphatic rings. The van der Waals surface area contributed by atoms with E-state index in [1.165, 1.54) is 27.8 Å². The first-order chi connectivity index (χ1) is 19.3. The van der Waals surface area contributed by atoms with Crippen molar-refractivity contribution in [2.75, 3.05) is 5.32 Å². The van der Waals surface area contributed by atoms with Crippen molar-refractivity contribution in [3.05, 3.63) is 107 Å². The summed E-state index contributed by atoms with van der Waals surface area (Å²) in [6, 6.07) is 30.6. The monoisotopic (exact) mass is 499 g/mol. The van der Waals surface area contributed by atoms with Gasteiger partial charge in [0.15, 0.2) is 0 Å². The van der Waals surface area contributed by atoms with Crippen molar-refractivity contribution in [3.8, 4) is 22.3 Å². The average Bonchev–Trinajstić information content (AvgIpc) is 3.67. The van der Waals surface area contributed by atoms with Crippen LogP contribution in [0.1, 0.15) is 102 Å². The molecule has 0 radical (unpaired) electrons. The number of rotatable bonds is 5. The predicted molar refractivity (Wildman–Crippen MR) is 162 cm³/mol. The lowest BCUT2D eigenvalue weighted by Crippen LogP contribution is -2.15. The molecule has 0 spiro atoms. The van der Waals surface area contributed by atoms with Crippen molar-refractivity contribution in [3.63, 3.8) is 0 Å². The van der Waals surface area contributed by atoms with Crippen molar-refractivity contribution >= 4 is 11.4 Å². The molecule has 0 aromatic heterocycles. The first-order valence-corrected chi connectivity index (χ1v) is 14.5. The van der Waals surface area contributed by atoms with E-state index in [0.717, 1.165) is 79.4 Å². The van der Waals surface area contributed by atoms with Crippen LogP contribution >= 0.6 is 0 Å². The van der Waals surface area contributed by atoms with Gasteiger partial charge in [-0.15, -0.1) is 0 Å². The zero-order valence-corrected chi connectivity index (χ0v) is 22.7. The van der Waals surface area contributed by atoms with Crippen LogP contribution in [0.5, 0.6) is 0 Å².